The average molecular weight is 279 g/mol. The van der Waals surface area contributed by atoms with Gasteiger partial charge in [0, 0.05) is 17.3 Å². The predicted molar refractivity (Wildman–Crippen MR) is 71.4 cm³/mol. The van der Waals surface area contributed by atoms with Crippen LogP contribution in [0.3, 0.4) is 0 Å². The van der Waals surface area contributed by atoms with E-state index in [2.05, 4.69) is 46.5 Å². The summed E-state index contributed by atoms with van der Waals surface area (Å²) in [6, 6.07) is 8.11. The topological polar surface area (TPSA) is 20.2 Å². The van der Waals surface area contributed by atoms with Crippen molar-refractivity contribution >= 4 is 15.9 Å². The first-order chi connectivity index (χ1) is 7.76. The van der Waals surface area contributed by atoms with Gasteiger partial charge in [0.25, 0.3) is 0 Å². The maximum Gasteiger partial charge on any atom is 0.0727 e. The van der Waals surface area contributed by atoms with Gasteiger partial charge in [-0.05, 0) is 24.1 Å². The summed E-state index contributed by atoms with van der Waals surface area (Å²) >= 11 is 3.41. The molecular weight excluding hydrogens is 264 g/mol. The normalized spacial score (nSPS) is 11.4. The maximum atomic E-state index is 9.25. The summed E-state index contributed by atoms with van der Waals surface area (Å²) in [7, 11) is 0. The molecule has 0 amide bonds. The van der Waals surface area contributed by atoms with Crippen LogP contribution in [0.15, 0.2) is 36.9 Å². The SMILES string of the molecule is C=CC(O)CCC#Cc1cccc(CBr)c1. The van der Waals surface area contributed by atoms with Crippen molar-refractivity contribution < 1.29 is 5.11 Å². The van der Waals surface area contributed by atoms with Crippen LogP contribution >= 0.6 is 15.9 Å². The zero-order chi connectivity index (χ0) is 11.8. The highest BCUT2D eigenvalue weighted by Gasteiger charge is 1.94. The second-order valence-electron chi connectivity index (χ2n) is 3.48. The molecule has 0 aromatic heterocycles. The molecular formula is C14H15BrO. The zero-order valence-corrected chi connectivity index (χ0v) is 10.7. The summed E-state index contributed by atoms with van der Waals surface area (Å²) in [5.41, 5.74) is 2.24. The molecule has 0 bridgehead atoms. The number of hydrogen-bond acceptors (Lipinski definition) is 1. The molecule has 0 spiro atoms. The molecule has 0 heterocycles. The molecule has 0 radical (unpaired) electrons. The molecule has 0 aliphatic heterocycles. The van der Waals surface area contributed by atoms with E-state index in [1.807, 2.05) is 12.1 Å². The van der Waals surface area contributed by atoms with E-state index in [1.54, 1.807) is 0 Å². The van der Waals surface area contributed by atoms with Gasteiger partial charge >= 0.3 is 0 Å². The molecule has 0 aliphatic rings. The number of halogens is 1. The van der Waals surface area contributed by atoms with Crippen LogP contribution in [0.1, 0.15) is 24.0 Å². The minimum absolute atomic E-state index is 0.442. The van der Waals surface area contributed by atoms with Gasteiger partial charge in [0.2, 0.25) is 0 Å². The monoisotopic (exact) mass is 278 g/mol. The lowest BCUT2D eigenvalue weighted by atomic mass is 10.1. The standard InChI is InChI=1S/C14H15BrO/c1-2-14(16)9-4-3-6-12-7-5-8-13(10-12)11-15/h2,5,7-8,10,14,16H,1,4,9,11H2. The highest BCUT2D eigenvalue weighted by atomic mass is 79.9. The fourth-order valence-electron chi connectivity index (χ4n) is 1.23. The summed E-state index contributed by atoms with van der Waals surface area (Å²) in [5.74, 6) is 6.13. The highest BCUT2D eigenvalue weighted by molar-refractivity contribution is 9.08. The highest BCUT2D eigenvalue weighted by Crippen LogP contribution is 2.07. The van der Waals surface area contributed by atoms with E-state index in [1.165, 1.54) is 11.6 Å². The summed E-state index contributed by atoms with van der Waals surface area (Å²) in [6.45, 7) is 3.52. The average Bonchev–Trinajstić information content (AvgIpc) is 2.34. The summed E-state index contributed by atoms with van der Waals surface area (Å²) in [6.07, 6.45) is 2.43. The van der Waals surface area contributed by atoms with Crippen molar-refractivity contribution in [3.05, 3.63) is 48.0 Å². The molecule has 0 fully saturated rings. The van der Waals surface area contributed by atoms with Gasteiger partial charge in [-0.3, -0.25) is 0 Å². The van der Waals surface area contributed by atoms with Crippen LogP contribution in [0.2, 0.25) is 0 Å². The Morgan fingerprint density at radius 1 is 1.50 bits per heavy atom. The van der Waals surface area contributed by atoms with Crippen molar-refractivity contribution in [3.8, 4) is 11.8 Å². The Hall–Kier alpha value is -1.04. The lowest BCUT2D eigenvalue weighted by Gasteiger charge is -1.99. The second kappa shape index (κ2) is 7.27. The zero-order valence-electron chi connectivity index (χ0n) is 9.12. The van der Waals surface area contributed by atoms with Gasteiger partial charge in [-0.2, -0.15) is 0 Å². The molecule has 1 aromatic rings. The first-order valence-corrected chi connectivity index (χ1v) is 6.33. The molecule has 0 saturated heterocycles. The van der Waals surface area contributed by atoms with Gasteiger partial charge in [0.05, 0.1) is 6.10 Å². The molecule has 1 nitrogen and oxygen atoms in total. The van der Waals surface area contributed by atoms with Crippen LogP contribution in [-0.2, 0) is 5.33 Å². The van der Waals surface area contributed by atoms with Crippen LogP contribution in [0.5, 0.6) is 0 Å². The molecule has 1 atom stereocenters. The van der Waals surface area contributed by atoms with Crippen LogP contribution in [0.25, 0.3) is 0 Å². The molecule has 0 aliphatic carbocycles. The molecule has 0 saturated carbocycles. The van der Waals surface area contributed by atoms with Crippen molar-refractivity contribution in [3.63, 3.8) is 0 Å². The molecule has 1 rings (SSSR count). The number of alkyl halides is 1. The van der Waals surface area contributed by atoms with Crippen molar-refractivity contribution in [2.75, 3.05) is 0 Å². The van der Waals surface area contributed by atoms with Gasteiger partial charge < -0.3 is 5.11 Å². The Bertz CT molecular complexity index is 401. The number of aliphatic hydroxyl groups is 1. The largest absolute Gasteiger partial charge is 0.389 e. The fraction of sp³-hybridized carbons (Fsp3) is 0.286. The van der Waals surface area contributed by atoms with Gasteiger partial charge in [0.15, 0.2) is 0 Å². The minimum Gasteiger partial charge on any atom is -0.389 e. The van der Waals surface area contributed by atoms with Crippen molar-refractivity contribution in [2.45, 2.75) is 24.3 Å². The van der Waals surface area contributed by atoms with E-state index in [-0.39, 0.29) is 0 Å². The Morgan fingerprint density at radius 2 is 2.31 bits per heavy atom. The van der Waals surface area contributed by atoms with E-state index in [0.717, 1.165) is 10.9 Å². The minimum atomic E-state index is -0.442. The Balaban J connectivity index is 2.52. The van der Waals surface area contributed by atoms with Gasteiger partial charge in [-0.15, -0.1) is 6.58 Å². The lowest BCUT2D eigenvalue weighted by molar-refractivity contribution is 0.215. The van der Waals surface area contributed by atoms with Crippen molar-refractivity contribution in [1.29, 1.82) is 0 Å². The fourth-order valence-corrected chi connectivity index (χ4v) is 1.58. The number of benzene rings is 1. The van der Waals surface area contributed by atoms with E-state index >= 15 is 0 Å². The van der Waals surface area contributed by atoms with Gasteiger partial charge in [0.1, 0.15) is 0 Å². The molecule has 16 heavy (non-hydrogen) atoms. The molecule has 2 heteroatoms. The van der Waals surface area contributed by atoms with Gasteiger partial charge in [-0.25, -0.2) is 0 Å². The molecule has 1 aromatic carbocycles. The van der Waals surface area contributed by atoms with Gasteiger partial charge in [-0.1, -0.05) is 46.0 Å². The third kappa shape index (κ3) is 4.65. The summed E-state index contributed by atoms with van der Waals surface area (Å²) in [5, 5.41) is 10.1. The lowest BCUT2D eigenvalue weighted by Crippen LogP contribution is -1.99. The van der Waals surface area contributed by atoms with E-state index in [0.29, 0.717) is 12.8 Å². The van der Waals surface area contributed by atoms with Crippen LogP contribution in [0, 0.1) is 11.8 Å². The summed E-state index contributed by atoms with van der Waals surface area (Å²) in [4.78, 5) is 0. The Labute approximate surface area is 105 Å². The van der Waals surface area contributed by atoms with Crippen LogP contribution in [0.4, 0.5) is 0 Å². The molecule has 1 N–H and O–H groups in total. The van der Waals surface area contributed by atoms with E-state index < -0.39 is 6.10 Å². The smallest absolute Gasteiger partial charge is 0.0727 e. The number of aliphatic hydroxyl groups excluding tert-OH is 1. The molecule has 84 valence electrons. The predicted octanol–water partition coefficient (Wildman–Crippen LogP) is 3.26. The Kier molecular flexibility index (Phi) is 5.92. The quantitative estimate of drug-likeness (QED) is 0.509. The first-order valence-electron chi connectivity index (χ1n) is 5.20. The van der Waals surface area contributed by atoms with E-state index in [9.17, 15) is 5.11 Å². The third-order valence-corrected chi connectivity index (χ3v) is 2.80. The van der Waals surface area contributed by atoms with E-state index in [4.69, 9.17) is 0 Å². The summed E-state index contributed by atoms with van der Waals surface area (Å²) < 4.78 is 0. The maximum absolute atomic E-state index is 9.25. The van der Waals surface area contributed by atoms with Crippen LogP contribution < -0.4 is 0 Å². The van der Waals surface area contributed by atoms with Crippen molar-refractivity contribution in [2.24, 2.45) is 0 Å². The van der Waals surface area contributed by atoms with Crippen molar-refractivity contribution in [1.82, 2.24) is 0 Å². The second-order valence-corrected chi connectivity index (χ2v) is 4.04. The molecule has 1 unspecified atom stereocenters. The Morgan fingerprint density at radius 3 is 3.00 bits per heavy atom. The number of rotatable bonds is 4. The third-order valence-electron chi connectivity index (χ3n) is 2.15. The van der Waals surface area contributed by atoms with Crippen LogP contribution in [-0.4, -0.2) is 11.2 Å². The first kappa shape index (κ1) is 13.0. The number of hydrogen-bond donors (Lipinski definition) is 1.